The van der Waals surface area contributed by atoms with E-state index in [0.717, 1.165) is 47.6 Å². The Labute approximate surface area is 209 Å². The lowest BCUT2D eigenvalue weighted by molar-refractivity contribution is 0.0277. The molecule has 0 bridgehead atoms. The summed E-state index contributed by atoms with van der Waals surface area (Å²) in [6, 6.07) is 12.1. The molecular formula is C28H30N6O2. The third-order valence-corrected chi connectivity index (χ3v) is 7.01. The van der Waals surface area contributed by atoms with E-state index in [-0.39, 0.29) is 11.7 Å². The summed E-state index contributed by atoms with van der Waals surface area (Å²) in [6.45, 7) is 6.91. The van der Waals surface area contributed by atoms with Crippen molar-refractivity contribution in [2.24, 2.45) is 0 Å². The number of aromatic nitrogens is 4. The van der Waals surface area contributed by atoms with E-state index in [4.69, 9.17) is 9.72 Å². The quantitative estimate of drug-likeness (QED) is 0.419. The highest BCUT2D eigenvalue weighted by Gasteiger charge is 2.25. The van der Waals surface area contributed by atoms with Gasteiger partial charge >= 0.3 is 0 Å². The van der Waals surface area contributed by atoms with E-state index < -0.39 is 0 Å². The minimum atomic E-state index is -0.0881. The fraction of sp³-hybridized carbons (Fsp3) is 0.357. The molecule has 1 unspecified atom stereocenters. The number of pyridine rings is 2. The number of ether oxygens (including phenoxy) is 1. The van der Waals surface area contributed by atoms with E-state index >= 15 is 0 Å². The summed E-state index contributed by atoms with van der Waals surface area (Å²) in [7, 11) is 0. The predicted octanol–water partition coefficient (Wildman–Crippen LogP) is 4.46. The van der Waals surface area contributed by atoms with Crippen LogP contribution in [0, 0.1) is 6.92 Å². The van der Waals surface area contributed by atoms with Crippen LogP contribution in [-0.2, 0) is 11.3 Å². The molecular weight excluding hydrogens is 452 g/mol. The van der Waals surface area contributed by atoms with Crippen LogP contribution in [0.15, 0.2) is 53.6 Å². The van der Waals surface area contributed by atoms with Crippen LogP contribution in [0.5, 0.6) is 0 Å². The third-order valence-electron chi connectivity index (χ3n) is 7.01. The van der Waals surface area contributed by atoms with E-state index in [1.54, 1.807) is 10.8 Å². The lowest BCUT2D eigenvalue weighted by Crippen LogP contribution is -2.33. The fourth-order valence-corrected chi connectivity index (χ4v) is 4.89. The number of rotatable bonds is 6. The van der Waals surface area contributed by atoms with E-state index in [2.05, 4.69) is 38.8 Å². The number of fused-ring (bicyclic) bond motifs is 1. The Kier molecular flexibility index (Phi) is 5.99. The number of hydrogen-bond acceptors (Lipinski definition) is 7. The highest BCUT2D eigenvalue weighted by Crippen LogP contribution is 2.40. The number of benzene rings is 1. The van der Waals surface area contributed by atoms with Gasteiger partial charge < -0.3 is 15.4 Å². The highest BCUT2D eigenvalue weighted by molar-refractivity contribution is 5.81. The van der Waals surface area contributed by atoms with Crippen LogP contribution in [-0.4, -0.2) is 39.2 Å². The zero-order valence-electron chi connectivity index (χ0n) is 20.6. The van der Waals surface area contributed by atoms with Crippen LogP contribution >= 0.6 is 0 Å². The van der Waals surface area contributed by atoms with Crippen LogP contribution in [0.3, 0.4) is 0 Å². The molecule has 2 fully saturated rings. The van der Waals surface area contributed by atoms with Crippen LogP contribution in [0.25, 0.3) is 22.3 Å². The van der Waals surface area contributed by atoms with E-state index in [1.165, 1.54) is 18.4 Å². The van der Waals surface area contributed by atoms with Crippen molar-refractivity contribution in [3.8, 4) is 11.3 Å². The normalized spacial score (nSPS) is 17.9. The summed E-state index contributed by atoms with van der Waals surface area (Å²) in [5.41, 5.74) is 6.13. The molecule has 2 aliphatic rings. The van der Waals surface area contributed by atoms with Crippen molar-refractivity contribution in [3.63, 3.8) is 0 Å². The molecule has 1 saturated heterocycles. The molecule has 36 heavy (non-hydrogen) atoms. The number of aryl methyl sites for hydroxylation is 2. The zero-order chi connectivity index (χ0) is 24.6. The Hall–Kier alpha value is -3.62. The van der Waals surface area contributed by atoms with Gasteiger partial charge in [0.15, 0.2) is 0 Å². The SMILES string of the molecule is CCn1c(=O)c(-c2ncc(C3CC3)cc2C)cc2cnc(Nc3ccc(C4CNCCO4)cc3)nc21. The van der Waals surface area contributed by atoms with E-state index in [0.29, 0.717) is 29.6 Å². The molecule has 1 aliphatic carbocycles. The summed E-state index contributed by atoms with van der Waals surface area (Å²) >= 11 is 0. The lowest BCUT2D eigenvalue weighted by Gasteiger charge is -2.24. The second-order valence-electron chi connectivity index (χ2n) is 9.60. The number of nitrogens with zero attached hydrogens (tertiary/aromatic N) is 4. The summed E-state index contributed by atoms with van der Waals surface area (Å²) in [5.74, 6) is 1.07. The second-order valence-corrected chi connectivity index (χ2v) is 9.60. The average Bonchev–Trinajstić information content (AvgIpc) is 3.75. The van der Waals surface area contributed by atoms with Crippen LogP contribution in [0.4, 0.5) is 11.6 Å². The summed E-state index contributed by atoms with van der Waals surface area (Å²) in [6.07, 6.45) is 6.21. The van der Waals surface area contributed by atoms with Gasteiger partial charge in [0, 0.05) is 43.1 Å². The van der Waals surface area contributed by atoms with Crippen molar-refractivity contribution >= 4 is 22.7 Å². The molecule has 1 atom stereocenters. The van der Waals surface area contributed by atoms with Gasteiger partial charge in [-0.3, -0.25) is 14.3 Å². The van der Waals surface area contributed by atoms with Gasteiger partial charge in [-0.15, -0.1) is 0 Å². The molecule has 1 aliphatic heterocycles. The zero-order valence-corrected chi connectivity index (χ0v) is 20.6. The first kappa shape index (κ1) is 22.8. The Balaban J connectivity index is 1.30. The number of hydrogen-bond donors (Lipinski definition) is 2. The smallest absolute Gasteiger partial charge is 0.261 e. The fourth-order valence-electron chi connectivity index (χ4n) is 4.89. The Morgan fingerprint density at radius 2 is 1.94 bits per heavy atom. The Morgan fingerprint density at radius 3 is 2.64 bits per heavy atom. The molecule has 3 aromatic heterocycles. The lowest BCUT2D eigenvalue weighted by atomic mass is 10.0. The monoisotopic (exact) mass is 482 g/mol. The maximum Gasteiger partial charge on any atom is 0.261 e. The molecule has 2 N–H and O–H groups in total. The molecule has 0 amide bonds. The second kappa shape index (κ2) is 9.44. The van der Waals surface area contributed by atoms with Crippen molar-refractivity contribution in [2.45, 2.75) is 45.3 Å². The summed E-state index contributed by atoms with van der Waals surface area (Å²) in [5, 5.41) is 7.43. The van der Waals surface area contributed by atoms with Crippen LogP contribution < -0.4 is 16.2 Å². The van der Waals surface area contributed by atoms with Gasteiger partial charge in [0.05, 0.1) is 24.0 Å². The number of morpholine rings is 1. The molecule has 0 spiro atoms. The Bertz CT molecular complexity index is 1470. The van der Waals surface area contributed by atoms with Gasteiger partial charge in [-0.05, 0) is 67.5 Å². The minimum Gasteiger partial charge on any atom is -0.371 e. The van der Waals surface area contributed by atoms with Crippen molar-refractivity contribution in [3.05, 3.63) is 75.8 Å². The molecule has 4 heterocycles. The maximum absolute atomic E-state index is 13.5. The van der Waals surface area contributed by atoms with Crippen molar-refractivity contribution in [1.29, 1.82) is 0 Å². The highest BCUT2D eigenvalue weighted by atomic mass is 16.5. The molecule has 1 aromatic carbocycles. The van der Waals surface area contributed by atoms with Gasteiger partial charge in [-0.1, -0.05) is 18.2 Å². The van der Waals surface area contributed by atoms with E-state index in [9.17, 15) is 4.79 Å². The van der Waals surface area contributed by atoms with Crippen molar-refractivity contribution in [2.75, 3.05) is 25.0 Å². The molecule has 4 aromatic rings. The molecule has 6 rings (SSSR count). The standard InChI is InChI=1S/C28H30N6O2/c1-3-34-26-21(13-23(27(34)35)25-17(2)12-20(14-30-25)18-4-5-18)15-31-28(33-26)32-22-8-6-19(7-9-22)24-16-29-10-11-36-24/h6-9,12-15,18,24,29H,3-5,10-11,16H2,1-2H3,(H,31,32,33). The first-order valence-corrected chi connectivity index (χ1v) is 12.7. The van der Waals surface area contributed by atoms with Crippen molar-refractivity contribution < 1.29 is 4.74 Å². The molecule has 1 saturated carbocycles. The number of anilines is 2. The summed E-state index contributed by atoms with van der Waals surface area (Å²) in [4.78, 5) is 27.4. The van der Waals surface area contributed by atoms with E-state index in [1.807, 2.05) is 38.2 Å². The van der Waals surface area contributed by atoms with Gasteiger partial charge in [-0.25, -0.2) is 4.98 Å². The number of nitrogens with one attached hydrogen (secondary N) is 2. The molecule has 0 radical (unpaired) electrons. The van der Waals surface area contributed by atoms with Gasteiger partial charge in [0.2, 0.25) is 5.95 Å². The Morgan fingerprint density at radius 1 is 1.11 bits per heavy atom. The first-order valence-electron chi connectivity index (χ1n) is 12.7. The maximum atomic E-state index is 13.5. The van der Waals surface area contributed by atoms with Gasteiger partial charge in [0.1, 0.15) is 5.65 Å². The largest absolute Gasteiger partial charge is 0.371 e. The molecule has 8 heteroatoms. The van der Waals surface area contributed by atoms with Crippen LogP contribution in [0.2, 0.25) is 0 Å². The molecule has 184 valence electrons. The topological polar surface area (TPSA) is 94.0 Å². The average molecular weight is 483 g/mol. The van der Waals surface area contributed by atoms with Crippen molar-refractivity contribution in [1.82, 2.24) is 24.8 Å². The summed E-state index contributed by atoms with van der Waals surface area (Å²) < 4.78 is 7.53. The first-order chi connectivity index (χ1) is 17.6. The van der Waals surface area contributed by atoms with Gasteiger partial charge in [0.25, 0.3) is 5.56 Å². The predicted molar refractivity (Wildman–Crippen MR) is 141 cm³/mol. The van der Waals surface area contributed by atoms with Crippen LogP contribution in [0.1, 0.15) is 48.5 Å². The third kappa shape index (κ3) is 4.38. The minimum absolute atomic E-state index is 0.0703. The molecule has 8 nitrogen and oxygen atoms in total. The van der Waals surface area contributed by atoms with Gasteiger partial charge in [-0.2, -0.15) is 4.98 Å².